The molecule has 0 spiro atoms. The SMILES string of the molecule is CC(C)n1c(C(=O)Nc2ccc(S(N)(=O)=O)cc2)cc2sccc21. The lowest BCUT2D eigenvalue weighted by molar-refractivity contribution is 0.101. The summed E-state index contributed by atoms with van der Waals surface area (Å²) in [6.45, 7) is 4.05. The quantitative estimate of drug-likeness (QED) is 0.745. The molecule has 0 radical (unpaired) electrons. The van der Waals surface area contributed by atoms with Crippen molar-refractivity contribution in [3.63, 3.8) is 0 Å². The molecule has 0 fully saturated rings. The number of carbonyl (C=O) groups is 1. The van der Waals surface area contributed by atoms with E-state index in [4.69, 9.17) is 5.14 Å². The van der Waals surface area contributed by atoms with E-state index in [0.717, 1.165) is 10.2 Å². The summed E-state index contributed by atoms with van der Waals surface area (Å²) in [7, 11) is -3.74. The van der Waals surface area contributed by atoms with Gasteiger partial charge in [-0.25, -0.2) is 13.6 Å². The van der Waals surface area contributed by atoms with Crippen LogP contribution in [0.15, 0.2) is 46.7 Å². The van der Waals surface area contributed by atoms with Crippen LogP contribution in [0.5, 0.6) is 0 Å². The number of nitrogens with zero attached hydrogens (tertiary/aromatic N) is 1. The molecule has 0 unspecified atom stereocenters. The van der Waals surface area contributed by atoms with E-state index in [2.05, 4.69) is 5.32 Å². The predicted octanol–water partition coefficient (Wildman–Crippen LogP) is 3.18. The number of amides is 1. The van der Waals surface area contributed by atoms with Gasteiger partial charge in [-0.3, -0.25) is 4.79 Å². The van der Waals surface area contributed by atoms with Crippen LogP contribution in [0.25, 0.3) is 10.2 Å². The lowest BCUT2D eigenvalue weighted by Gasteiger charge is -2.14. The van der Waals surface area contributed by atoms with E-state index in [9.17, 15) is 13.2 Å². The molecule has 1 aromatic carbocycles. The van der Waals surface area contributed by atoms with Gasteiger partial charge in [-0.05, 0) is 55.6 Å². The molecule has 2 heterocycles. The third kappa shape index (κ3) is 3.08. The Kier molecular flexibility index (Phi) is 4.20. The first-order valence-corrected chi connectivity index (χ1v) is 9.72. The Morgan fingerprint density at radius 3 is 2.46 bits per heavy atom. The second-order valence-electron chi connectivity index (χ2n) is 5.69. The fourth-order valence-corrected chi connectivity index (χ4v) is 3.92. The summed E-state index contributed by atoms with van der Waals surface area (Å²) in [5.41, 5.74) is 2.11. The normalized spacial score (nSPS) is 12.0. The maximum absolute atomic E-state index is 12.6. The second kappa shape index (κ2) is 6.04. The highest BCUT2D eigenvalue weighted by molar-refractivity contribution is 7.89. The molecule has 126 valence electrons. The Labute approximate surface area is 144 Å². The van der Waals surface area contributed by atoms with Crippen molar-refractivity contribution < 1.29 is 13.2 Å². The standard InChI is InChI=1S/C16H17N3O3S2/c1-10(2)19-13-7-8-23-15(13)9-14(19)16(20)18-11-3-5-12(6-4-11)24(17,21)22/h3-10H,1-2H3,(H,18,20)(H2,17,21,22). The lowest BCUT2D eigenvalue weighted by Crippen LogP contribution is -2.18. The molecule has 0 saturated heterocycles. The minimum atomic E-state index is -3.74. The number of nitrogens with two attached hydrogens (primary N) is 1. The average Bonchev–Trinajstić information content (AvgIpc) is 3.06. The Bertz CT molecular complexity index is 999. The van der Waals surface area contributed by atoms with Gasteiger partial charge in [-0.2, -0.15) is 0 Å². The molecule has 0 atom stereocenters. The molecule has 24 heavy (non-hydrogen) atoms. The van der Waals surface area contributed by atoms with E-state index < -0.39 is 10.0 Å². The number of anilines is 1. The van der Waals surface area contributed by atoms with Crippen LogP contribution in [-0.4, -0.2) is 18.9 Å². The lowest BCUT2D eigenvalue weighted by atomic mass is 10.3. The van der Waals surface area contributed by atoms with Gasteiger partial charge in [0.15, 0.2) is 0 Å². The maximum atomic E-state index is 12.6. The number of primary sulfonamides is 1. The predicted molar refractivity (Wildman–Crippen MR) is 96.0 cm³/mol. The van der Waals surface area contributed by atoms with E-state index in [1.807, 2.05) is 35.9 Å². The van der Waals surface area contributed by atoms with Gasteiger partial charge < -0.3 is 9.88 Å². The molecule has 1 amide bonds. The molecule has 0 bridgehead atoms. The van der Waals surface area contributed by atoms with Gasteiger partial charge in [0.1, 0.15) is 5.69 Å². The number of rotatable bonds is 4. The number of thiophene rings is 1. The number of sulfonamides is 1. The van der Waals surface area contributed by atoms with Crippen molar-refractivity contribution in [1.29, 1.82) is 0 Å². The summed E-state index contributed by atoms with van der Waals surface area (Å²) in [6, 6.07) is 9.77. The van der Waals surface area contributed by atoms with E-state index >= 15 is 0 Å². The number of aromatic nitrogens is 1. The second-order valence-corrected chi connectivity index (χ2v) is 8.20. The van der Waals surface area contributed by atoms with Crippen molar-refractivity contribution in [2.24, 2.45) is 5.14 Å². The van der Waals surface area contributed by atoms with Crippen LogP contribution in [0.3, 0.4) is 0 Å². The van der Waals surface area contributed by atoms with E-state index in [0.29, 0.717) is 11.4 Å². The van der Waals surface area contributed by atoms with Gasteiger partial charge in [-0.15, -0.1) is 11.3 Å². The molecule has 0 saturated carbocycles. The minimum Gasteiger partial charge on any atom is -0.333 e. The van der Waals surface area contributed by atoms with Crippen LogP contribution in [0.2, 0.25) is 0 Å². The summed E-state index contributed by atoms with van der Waals surface area (Å²) in [5, 5.41) is 9.86. The zero-order valence-corrected chi connectivity index (χ0v) is 14.8. The average molecular weight is 363 g/mol. The maximum Gasteiger partial charge on any atom is 0.272 e. The number of carbonyl (C=O) groups excluding carboxylic acids is 1. The Morgan fingerprint density at radius 1 is 1.21 bits per heavy atom. The Balaban J connectivity index is 1.90. The fraction of sp³-hybridized carbons (Fsp3) is 0.188. The van der Waals surface area contributed by atoms with Crippen LogP contribution < -0.4 is 10.5 Å². The van der Waals surface area contributed by atoms with Crippen LogP contribution in [0.1, 0.15) is 30.4 Å². The topological polar surface area (TPSA) is 94.2 Å². The Hall–Kier alpha value is -2.16. The number of hydrogen-bond acceptors (Lipinski definition) is 4. The van der Waals surface area contributed by atoms with E-state index in [-0.39, 0.29) is 16.8 Å². The minimum absolute atomic E-state index is 0.00608. The zero-order valence-electron chi connectivity index (χ0n) is 13.2. The summed E-state index contributed by atoms with van der Waals surface area (Å²) in [4.78, 5) is 12.6. The Morgan fingerprint density at radius 2 is 1.88 bits per heavy atom. The first-order chi connectivity index (χ1) is 11.3. The van der Waals surface area contributed by atoms with Crippen LogP contribution in [0.4, 0.5) is 5.69 Å². The van der Waals surface area contributed by atoms with Crippen LogP contribution >= 0.6 is 11.3 Å². The van der Waals surface area contributed by atoms with Crippen molar-refractivity contribution in [1.82, 2.24) is 4.57 Å². The molecular weight excluding hydrogens is 346 g/mol. The summed E-state index contributed by atoms with van der Waals surface area (Å²) in [6.07, 6.45) is 0. The van der Waals surface area contributed by atoms with Crippen molar-refractivity contribution in [3.8, 4) is 0 Å². The highest BCUT2D eigenvalue weighted by Crippen LogP contribution is 2.29. The molecule has 3 aromatic rings. The summed E-state index contributed by atoms with van der Waals surface area (Å²) < 4.78 is 25.6. The van der Waals surface area contributed by atoms with Crippen LogP contribution in [-0.2, 0) is 10.0 Å². The molecular formula is C16H17N3O3S2. The molecule has 3 rings (SSSR count). The number of benzene rings is 1. The first-order valence-electron chi connectivity index (χ1n) is 7.30. The molecule has 6 nitrogen and oxygen atoms in total. The smallest absolute Gasteiger partial charge is 0.272 e. The number of nitrogens with one attached hydrogen (secondary N) is 1. The summed E-state index contributed by atoms with van der Waals surface area (Å²) in [5.74, 6) is -0.240. The van der Waals surface area contributed by atoms with Crippen molar-refractivity contribution in [2.75, 3.05) is 5.32 Å². The zero-order chi connectivity index (χ0) is 17.5. The molecule has 8 heteroatoms. The third-order valence-electron chi connectivity index (χ3n) is 3.65. The summed E-state index contributed by atoms with van der Waals surface area (Å²) >= 11 is 1.59. The van der Waals surface area contributed by atoms with Crippen LogP contribution in [0, 0.1) is 0 Å². The van der Waals surface area contributed by atoms with Crippen molar-refractivity contribution in [2.45, 2.75) is 24.8 Å². The van der Waals surface area contributed by atoms with Gasteiger partial charge in [0.05, 0.1) is 15.1 Å². The van der Waals surface area contributed by atoms with Gasteiger partial charge in [0, 0.05) is 11.7 Å². The van der Waals surface area contributed by atoms with Gasteiger partial charge >= 0.3 is 0 Å². The number of fused-ring (bicyclic) bond motifs is 1. The van der Waals surface area contributed by atoms with E-state index in [1.165, 1.54) is 24.3 Å². The van der Waals surface area contributed by atoms with E-state index in [1.54, 1.807) is 11.3 Å². The highest BCUT2D eigenvalue weighted by Gasteiger charge is 2.18. The van der Waals surface area contributed by atoms with Gasteiger partial charge in [-0.1, -0.05) is 0 Å². The molecule has 0 aliphatic carbocycles. The largest absolute Gasteiger partial charge is 0.333 e. The monoisotopic (exact) mass is 363 g/mol. The van der Waals surface area contributed by atoms with Gasteiger partial charge in [0.2, 0.25) is 10.0 Å². The third-order valence-corrected chi connectivity index (χ3v) is 5.43. The fourth-order valence-electron chi connectivity index (χ4n) is 2.60. The molecule has 3 N–H and O–H groups in total. The molecule has 0 aliphatic heterocycles. The molecule has 0 aliphatic rings. The van der Waals surface area contributed by atoms with Crippen molar-refractivity contribution >= 4 is 43.2 Å². The number of hydrogen-bond donors (Lipinski definition) is 2. The highest BCUT2D eigenvalue weighted by atomic mass is 32.2. The van der Waals surface area contributed by atoms with Gasteiger partial charge in [0.25, 0.3) is 5.91 Å². The van der Waals surface area contributed by atoms with Crippen molar-refractivity contribution in [3.05, 3.63) is 47.5 Å². The molecule has 2 aromatic heterocycles. The first kappa shape index (κ1) is 16.7.